The van der Waals surface area contributed by atoms with Crippen LogP contribution in [-0.4, -0.2) is 15.3 Å². The van der Waals surface area contributed by atoms with E-state index in [1.54, 1.807) is 6.20 Å². The Bertz CT molecular complexity index is 707. The van der Waals surface area contributed by atoms with E-state index in [1.807, 2.05) is 49.4 Å². The molecule has 3 N–H and O–H groups in total. The third-order valence-electron chi connectivity index (χ3n) is 3.56. The number of hydrogen-bond donors (Lipinski definition) is 3. The summed E-state index contributed by atoms with van der Waals surface area (Å²) in [5, 5.41) is 22.6. The van der Waals surface area contributed by atoms with Crippen molar-refractivity contribution < 1.29 is 5.11 Å². The summed E-state index contributed by atoms with van der Waals surface area (Å²) in [6.07, 6.45) is 1.73. The summed E-state index contributed by atoms with van der Waals surface area (Å²) in [6.45, 7) is 2.73. The Morgan fingerprint density at radius 3 is 2.85 bits per heavy atom. The van der Waals surface area contributed by atoms with Crippen molar-refractivity contribution in [2.24, 2.45) is 0 Å². The van der Waals surface area contributed by atoms with Crippen LogP contribution in [0.5, 0.6) is 5.75 Å². The minimum absolute atomic E-state index is 0.0582. The molecular weight excluding hydrogens is 250 g/mol. The summed E-state index contributed by atoms with van der Waals surface area (Å²) in [6, 6.07) is 13.9. The highest BCUT2D eigenvalue weighted by Gasteiger charge is 2.12. The van der Waals surface area contributed by atoms with Gasteiger partial charge in [0.2, 0.25) is 0 Å². The Morgan fingerprint density at radius 2 is 2.05 bits per heavy atom. The quantitative estimate of drug-likeness (QED) is 0.680. The zero-order valence-corrected chi connectivity index (χ0v) is 11.3. The highest BCUT2D eigenvalue weighted by atomic mass is 16.3. The van der Waals surface area contributed by atoms with Gasteiger partial charge in [-0.05, 0) is 18.4 Å². The van der Waals surface area contributed by atoms with Crippen LogP contribution in [0.25, 0.3) is 10.8 Å². The summed E-state index contributed by atoms with van der Waals surface area (Å²) in [5.41, 5.74) is 1.93. The van der Waals surface area contributed by atoms with Gasteiger partial charge in [-0.1, -0.05) is 36.4 Å². The molecule has 1 atom stereocenters. The van der Waals surface area contributed by atoms with E-state index >= 15 is 0 Å². The predicted octanol–water partition coefficient (Wildman–Crippen LogP) is 3.12. The lowest BCUT2D eigenvalue weighted by atomic mass is 10.0. The number of nitrogens with zero attached hydrogens (tertiary/aromatic N) is 1. The lowest BCUT2D eigenvalue weighted by Gasteiger charge is -2.16. The first-order chi connectivity index (χ1) is 9.75. The Kier molecular flexibility index (Phi) is 3.39. The third-order valence-corrected chi connectivity index (χ3v) is 3.56. The van der Waals surface area contributed by atoms with Gasteiger partial charge in [0.15, 0.2) is 0 Å². The largest absolute Gasteiger partial charge is 0.507 e. The van der Waals surface area contributed by atoms with Gasteiger partial charge >= 0.3 is 0 Å². The van der Waals surface area contributed by atoms with E-state index < -0.39 is 0 Å². The van der Waals surface area contributed by atoms with E-state index in [0.29, 0.717) is 12.3 Å². The van der Waals surface area contributed by atoms with Crippen molar-refractivity contribution in [1.82, 2.24) is 15.5 Å². The van der Waals surface area contributed by atoms with E-state index in [4.69, 9.17) is 0 Å². The molecule has 0 aliphatic carbocycles. The summed E-state index contributed by atoms with van der Waals surface area (Å²) in [4.78, 5) is 0. The van der Waals surface area contributed by atoms with Crippen LogP contribution in [0.4, 0.5) is 0 Å². The maximum atomic E-state index is 10.4. The highest BCUT2D eigenvalue weighted by molar-refractivity contribution is 5.89. The topological polar surface area (TPSA) is 60.9 Å². The number of aromatic hydroxyl groups is 1. The standard InChI is InChI=1S/C16H17N3O/c1-11(17-10-13-8-9-18-19-13)14-7-6-12-4-2-3-5-15(12)16(14)20/h2-9,11,17,20H,10H2,1H3,(H,18,19). The first-order valence-corrected chi connectivity index (χ1v) is 6.68. The van der Waals surface area contributed by atoms with Gasteiger partial charge in [0.25, 0.3) is 0 Å². The van der Waals surface area contributed by atoms with Crippen molar-refractivity contribution in [3.05, 3.63) is 59.9 Å². The molecule has 0 bridgehead atoms. The van der Waals surface area contributed by atoms with Crippen LogP contribution in [0.15, 0.2) is 48.7 Å². The molecule has 4 heteroatoms. The summed E-state index contributed by atoms with van der Waals surface area (Å²) >= 11 is 0. The fraction of sp³-hybridized carbons (Fsp3) is 0.188. The van der Waals surface area contributed by atoms with Gasteiger partial charge in [-0.3, -0.25) is 5.10 Å². The number of H-pyrrole nitrogens is 1. The fourth-order valence-electron chi connectivity index (χ4n) is 2.38. The number of aromatic amines is 1. The highest BCUT2D eigenvalue weighted by Crippen LogP contribution is 2.32. The molecule has 0 saturated heterocycles. The average molecular weight is 267 g/mol. The van der Waals surface area contributed by atoms with Crippen LogP contribution in [0.2, 0.25) is 0 Å². The first-order valence-electron chi connectivity index (χ1n) is 6.68. The van der Waals surface area contributed by atoms with Crippen molar-refractivity contribution >= 4 is 10.8 Å². The molecule has 0 fully saturated rings. The molecule has 0 saturated carbocycles. The molecule has 2 aromatic carbocycles. The summed E-state index contributed by atoms with van der Waals surface area (Å²) in [5.74, 6) is 0.354. The molecular formula is C16H17N3O. The molecule has 0 spiro atoms. The van der Waals surface area contributed by atoms with Gasteiger partial charge in [0, 0.05) is 35.4 Å². The lowest BCUT2D eigenvalue weighted by Crippen LogP contribution is -2.18. The second-order valence-electron chi connectivity index (χ2n) is 4.91. The molecule has 102 valence electrons. The van der Waals surface area contributed by atoms with E-state index in [2.05, 4.69) is 15.5 Å². The molecule has 1 unspecified atom stereocenters. The van der Waals surface area contributed by atoms with Crippen LogP contribution in [-0.2, 0) is 6.54 Å². The molecule has 1 heterocycles. The number of fused-ring (bicyclic) bond motifs is 1. The zero-order valence-electron chi connectivity index (χ0n) is 11.3. The Hall–Kier alpha value is -2.33. The van der Waals surface area contributed by atoms with Gasteiger partial charge in [-0.2, -0.15) is 5.10 Å². The van der Waals surface area contributed by atoms with E-state index in [0.717, 1.165) is 22.0 Å². The number of aromatic nitrogens is 2. The molecule has 20 heavy (non-hydrogen) atoms. The number of hydrogen-bond acceptors (Lipinski definition) is 3. The maximum Gasteiger partial charge on any atom is 0.128 e. The summed E-state index contributed by atoms with van der Waals surface area (Å²) < 4.78 is 0. The smallest absolute Gasteiger partial charge is 0.128 e. The fourth-order valence-corrected chi connectivity index (χ4v) is 2.38. The van der Waals surface area contributed by atoms with Crippen LogP contribution in [0.1, 0.15) is 24.2 Å². The van der Waals surface area contributed by atoms with Crippen molar-refractivity contribution in [2.75, 3.05) is 0 Å². The minimum Gasteiger partial charge on any atom is -0.507 e. The van der Waals surface area contributed by atoms with Gasteiger partial charge in [0.05, 0.1) is 0 Å². The number of phenolic OH excluding ortho intramolecular Hbond substituents is 1. The van der Waals surface area contributed by atoms with Crippen molar-refractivity contribution in [3.8, 4) is 5.75 Å². The lowest BCUT2D eigenvalue weighted by molar-refractivity contribution is 0.457. The molecule has 1 aromatic heterocycles. The zero-order chi connectivity index (χ0) is 13.9. The van der Waals surface area contributed by atoms with Crippen molar-refractivity contribution in [2.45, 2.75) is 19.5 Å². The second-order valence-corrected chi connectivity index (χ2v) is 4.91. The number of rotatable bonds is 4. The van der Waals surface area contributed by atoms with Crippen LogP contribution < -0.4 is 5.32 Å². The third kappa shape index (κ3) is 2.38. The van der Waals surface area contributed by atoms with Crippen molar-refractivity contribution in [1.29, 1.82) is 0 Å². The number of benzene rings is 2. The minimum atomic E-state index is 0.0582. The van der Waals surface area contributed by atoms with Crippen molar-refractivity contribution in [3.63, 3.8) is 0 Å². The monoisotopic (exact) mass is 267 g/mol. The normalized spacial score (nSPS) is 12.7. The molecule has 3 aromatic rings. The van der Waals surface area contributed by atoms with E-state index in [9.17, 15) is 5.11 Å². The molecule has 0 aliphatic rings. The molecule has 0 radical (unpaired) electrons. The van der Waals surface area contributed by atoms with Crippen LogP contribution >= 0.6 is 0 Å². The SMILES string of the molecule is CC(NCc1ccn[nH]1)c1ccc2ccccc2c1O. The maximum absolute atomic E-state index is 10.4. The van der Waals surface area contributed by atoms with E-state index in [-0.39, 0.29) is 6.04 Å². The van der Waals surface area contributed by atoms with Crippen LogP contribution in [0, 0.1) is 0 Å². The van der Waals surface area contributed by atoms with Crippen LogP contribution in [0.3, 0.4) is 0 Å². The van der Waals surface area contributed by atoms with Gasteiger partial charge in [-0.15, -0.1) is 0 Å². The number of nitrogens with one attached hydrogen (secondary N) is 2. The Morgan fingerprint density at radius 1 is 1.20 bits per heavy atom. The first kappa shape index (κ1) is 12.7. The van der Waals surface area contributed by atoms with E-state index in [1.165, 1.54) is 0 Å². The summed E-state index contributed by atoms with van der Waals surface area (Å²) in [7, 11) is 0. The Balaban J connectivity index is 1.84. The molecule has 3 rings (SSSR count). The predicted molar refractivity (Wildman–Crippen MR) is 79.5 cm³/mol. The number of phenols is 1. The molecule has 4 nitrogen and oxygen atoms in total. The molecule has 0 aliphatic heterocycles. The van der Waals surface area contributed by atoms with Gasteiger partial charge in [0.1, 0.15) is 5.75 Å². The van der Waals surface area contributed by atoms with Gasteiger partial charge in [-0.25, -0.2) is 0 Å². The molecule has 0 amide bonds. The second kappa shape index (κ2) is 5.35. The average Bonchev–Trinajstić information content (AvgIpc) is 2.99. The Labute approximate surface area is 117 Å². The van der Waals surface area contributed by atoms with Gasteiger partial charge < -0.3 is 10.4 Å².